The Kier molecular flexibility index (Phi) is 5.58. The summed E-state index contributed by atoms with van der Waals surface area (Å²) < 4.78 is 10.7. The van der Waals surface area contributed by atoms with Crippen molar-refractivity contribution in [2.75, 3.05) is 13.2 Å². The fourth-order valence-electron chi connectivity index (χ4n) is 2.17. The number of nitrogens with zero attached hydrogens (tertiary/aromatic N) is 1. The van der Waals surface area contributed by atoms with Crippen LogP contribution in [0.1, 0.15) is 29.0 Å². The number of rotatable bonds is 7. The van der Waals surface area contributed by atoms with E-state index in [-0.39, 0.29) is 5.91 Å². The average molecular weight is 302 g/mol. The molecule has 1 aromatic heterocycles. The average Bonchev–Trinajstić information content (AvgIpc) is 2.79. The molecule has 1 aromatic carbocycles. The van der Waals surface area contributed by atoms with Crippen LogP contribution in [0.3, 0.4) is 0 Å². The highest BCUT2D eigenvalue weighted by Crippen LogP contribution is 2.13. The summed E-state index contributed by atoms with van der Waals surface area (Å²) in [5.41, 5.74) is 2.81. The fraction of sp³-hybridized carbons (Fsp3) is 0.412. The van der Waals surface area contributed by atoms with Crippen LogP contribution in [0.25, 0.3) is 0 Å². The molecule has 2 aromatic rings. The van der Waals surface area contributed by atoms with E-state index in [0.29, 0.717) is 25.3 Å². The molecule has 0 aliphatic heterocycles. The minimum Gasteiger partial charge on any atom is -0.494 e. The fourth-order valence-corrected chi connectivity index (χ4v) is 2.17. The summed E-state index contributed by atoms with van der Waals surface area (Å²) in [4.78, 5) is 11.9. The molecule has 1 N–H and O–H groups in total. The van der Waals surface area contributed by atoms with Gasteiger partial charge >= 0.3 is 0 Å². The first-order chi connectivity index (χ1) is 10.6. The number of hydrogen-bond donors (Lipinski definition) is 1. The number of hydrogen-bond acceptors (Lipinski definition) is 4. The zero-order valence-electron chi connectivity index (χ0n) is 13.3. The highest BCUT2D eigenvalue weighted by Gasteiger charge is 2.12. The Bertz CT molecular complexity index is 615. The summed E-state index contributed by atoms with van der Waals surface area (Å²) >= 11 is 0. The van der Waals surface area contributed by atoms with Crippen LogP contribution in [0.15, 0.2) is 28.8 Å². The predicted octanol–water partition coefficient (Wildman–Crippen LogP) is 2.73. The van der Waals surface area contributed by atoms with E-state index in [0.717, 1.165) is 23.4 Å². The Balaban J connectivity index is 1.65. The zero-order valence-corrected chi connectivity index (χ0v) is 13.3. The Morgan fingerprint density at radius 3 is 2.82 bits per heavy atom. The molecule has 5 heteroatoms. The van der Waals surface area contributed by atoms with E-state index in [9.17, 15) is 4.79 Å². The van der Waals surface area contributed by atoms with Crippen molar-refractivity contribution in [3.63, 3.8) is 0 Å². The van der Waals surface area contributed by atoms with Crippen LogP contribution in [0.5, 0.6) is 5.75 Å². The van der Waals surface area contributed by atoms with Gasteiger partial charge in [-0.2, -0.15) is 0 Å². The van der Waals surface area contributed by atoms with Crippen molar-refractivity contribution in [3.8, 4) is 5.75 Å². The van der Waals surface area contributed by atoms with Gasteiger partial charge in [0.1, 0.15) is 11.5 Å². The number of amides is 1. The lowest BCUT2D eigenvalue weighted by Crippen LogP contribution is -2.27. The second kappa shape index (κ2) is 7.64. The molecule has 118 valence electrons. The van der Waals surface area contributed by atoms with Gasteiger partial charge in [0.25, 0.3) is 0 Å². The van der Waals surface area contributed by atoms with Crippen molar-refractivity contribution in [3.05, 3.63) is 46.8 Å². The monoisotopic (exact) mass is 302 g/mol. The molecule has 1 heterocycles. The highest BCUT2D eigenvalue weighted by molar-refractivity contribution is 5.78. The van der Waals surface area contributed by atoms with Gasteiger partial charge in [0, 0.05) is 12.1 Å². The largest absolute Gasteiger partial charge is 0.494 e. The van der Waals surface area contributed by atoms with E-state index >= 15 is 0 Å². The van der Waals surface area contributed by atoms with Crippen molar-refractivity contribution in [2.24, 2.45) is 0 Å². The van der Waals surface area contributed by atoms with Crippen LogP contribution >= 0.6 is 0 Å². The molecule has 0 saturated heterocycles. The summed E-state index contributed by atoms with van der Waals surface area (Å²) in [5.74, 6) is 1.54. The van der Waals surface area contributed by atoms with Gasteiger partial charge in [0.05, 0.1) is 18.7 Å². The molecule has 0 bridgehead atoms. The first kappa shape index (κ1) is 16.1. The van der Waals surface area contributed by atoms with Crippen LogP contribution in [0, 0.1) is 20.8 Å². The lowest BCUT2D eigenvalue weighted by molar-refractivity contribution is -0.120. The Hall–Kier alpha value is -2.30. The normalized spacial score (nSPS) is 10.5. The van der Waals surface area contributed by atoms with Gasteiger partial charge in [-0.1, -0.05) is 17.3 Å². The number of nitrogens with one attached hydrogen (secondary N) is 1. The maximum absolute atomic E-state index is 11.9. The van der Waals surface area contributed by atoms with Crippen molar-refractivity contribution < 1.29 is 14.1 Å². The van der Waals surface area contributed by atoms with Gasteiger partial charge in [-0.15, -0.1) is 0 Å². The number of ether oxygens (including phenoxy) is 1. The SMILES string of the molecule is Cc1cccc(OCCCNC(=O)Cc2c(C)noc2C)c1. The summed E-state index contributed by atoms with van der Waals surface area (Å²) in [6, 6.07) is 7.93. The molecule has 5 nitrogen and oxygen atoms in total. The number of aryl methyl sites for hydroxylation is 3. The maximum Gasteiger partial charge on any atom is 0.224 e. The summed E-state index contributed by atoms with van der Waals surface area (Å²) in [7, 11) is 0. The minimum atomic E-state index is -0.0232. The first-order valence-corrected chi connectivity index (χ1v) is 7.44. The molecule has 0 fully saturated rings. The molecule has 0 radical (unpaired) electrons. The number of aromatic nitrogens is 1. The van der Waals surface area contributed by atoms with Crippen LogP contribution < -0.4 is 10.1 Å². The third kappa shape index (κ3) is 4.62. The van der Waals surface area contributed by atoms with Crippen LogP contribution in [0.2, 0.25) is 0 Å². The van der Waals surface area contributed by atoms with Crippen LogP contribution in [-0.4, -0.2) is 24.2 Å². The van der Waals surface area contributed by atoms with E-state index in [2.05, 4.69) is 10.5 Å². The van der Waals surface area contributed by atoms with Gasteiger partial charge < -0.3 is 14.6 Å². The molecule has 0 atom stereocenters. The van der Waals surface area contributed by atoms with E-state index in [1.165, 1.54) is 5.56 Å². The summed E-state index contributed by atoms with van der Waals surface area (Å²) in [6.07, 6.45) is 1.07. The van der Waals surface area contributed by atoms with Gasteiger partial charge in [-0.3, -0.25) is 4.79 Å². The van der Waals surface area contributed by atoms with Crippen molar-refractivity contribution >= 4 is 5.91 Å². The molecular formula is C17H22N2O3. The zero-order chi connectivity index (χ0) is 15.9. The third-order valence-corrected chi connectivity index (χ3v) is 3.42. The number of carbonyl (C=O) groups excluding carboxylic acids is 1. The molecule has 2 rings (SSSR count). The van der Waals surface area contributed by atoms with Gasteiger partial charge in [-0.05, 0) is 44.9 Å². The van der Waals surface area contributed by atoms with Crippen LogP contribution in [0.4, 0.5) is 0 Å². The second-order valence-electron chi connectivity index (χ2n) is 5.35. The summed E-state index contributed by atoms with van der Waals surface area (Å²) in [5, 5.41) is 6.73. The topological polar surface area (TPSA) is 64.4 Å². The van der Waals surface area contributed by atoms with Crippen LogP contribution in [-0.2, 0) is 11.2 Å². The number of carbonyl (C=O) groups is 1. The van der Waals surface area contributed by atoms with Gasteiger partial charge in [0.15, 0.2) is 0 Å². The van der Waals surface area contributed by atoms with Gasteiger partial charge in [-0.25, -0.2) is 0 Å². The Labute approximate surface area is 130 Å². The van der Waals surface area contributed by atoms with Gasteiger partial charge in [0.2, 0.25) is 5.91 Å². The first-order valence-electron chi connectivity index (χ1n) is 7.44. The third-order valence-electron chi connectivity index (χ3n) is 3.42. The van der Waals surface area contributed by atoms with E-state index in [1.807, 2.05) is 45.0 Å². The summed E-state index contributed by atoms with van der Waals surface area (Å²) in [6.45, 7) is 6.86. The smallest absolute Gasteiger partial charge is 0.224 e. The molecule has 0 aliphatic carbocycles. The van der Waals surface area contributed by atoms with E-state index in [4.69, 9.17) is 9.26 Å². The molecule has 1 amide bonds. The predicted molar refractivity (Wildman–Crippen MR) is 84.0 cm³/mol. The number of benzene rings is 1. The molecule has 0 spiro atoms. The minimum absolute atomic E-state index is 0.0232. The lowest BCUT2D eigenvalue weighted by Gasteiger charge is -2.08. The molecule has 22 heavy (non-hydrogen) atoms. The van der Waals surface area contributed by atoms with Crippen molar-refractivity contribution in [2.45, 2.75) is 33.6 Å². The second-order valence-corrected chi connectivity index (χ2v) is 5.35. The molecule has 0 unspecified atom stereocenters. The maximum atomic E-state index is 11.9. The van der Waals surface area contributed by atoms with E-state index in [1.54, 1.807) is 0 Å². The van der Waals surface area contributed by atoms with E-state index < -0.39 is 0 Å². The van der Waals surface area contributed by atoms with Crippen molar-refractivity contribution in [1.82, 2.24) is 10.5 Å². The van der Waals surface area contributed by atoms with Crippen molar-refractivity contribution in [1.29, 1.82) is 0 Å². The Morgan fingerprint density at radius 2 is 2.14 bits per heavy atom. The standard InChI is InChI=1S/C17H22N2O3/c1-12-6-4-7-15(10-12)21-9-5-8-18-17(20)11-16-13(2)19-22-14(16)3/h4,6-7,10H,5,8-9,11H2,1-3H3,(H,18,20). The molecule has 0 aliphatic rings. The quantitative estimate of drug-likeness (QED) is 0.799. The molecule has 0 saturated carbocycles. The highest BCUT2D eigenvalue weighted by atomic mass is 16.5. The lowest BCUT2D eigenvalue weighted by atomic mass is 10.1. The Morgan fingerprint density at radius 1 is 1.32 bits per heavy atom. The molecular weight excluding hydrogens is 280 g/mol.